The quantitative estimate of drug-likeness (QED) is 0.910. The summed E-state index contributed by atoms with van der Waals surface area (Å²) >= 11 is 1.68. The summed E-state index contributed by atoms with van der Waals surface area (Å²) < 4.78 is 1.81. The molecule has 5 heteroatoms. The summed E-state index contributed by atoms with van der Waals surface area (Å²) in [5, 5.41) is 8.62. The molecule has 100 valence electrons. The van der Waals surface area contributed by atoms with Crippen LogP contribution >= 0.6 is 11.8 Å². The topological polar surface area (TPSA) is 42.7 Å². The molecule has 1 aromatic heterocycles. The molecule has 19 heavy (non-hydrogen) atoms. The van der Waals surface area contributed by atoms with E-state index in [1.807, 2.05) is 11.7 Å². The smallest absolute Gasteiger partial charge is 0.190 e. The first-order valence-electron chi connectivity index (χ1n) is 6.57. The number of aromatic nitrogens is 3. The van der Waals surface area contributed by atoms with Gasteiger partial charge in [0.05, 0.1) is 0 Å². The average molecular weight is 274 g/mol. The van der Waals surface area contributed by atoms with Gasteiger partial charge in [0.25, 0.3) is 0 Å². The highest BCUT2D eigenvalue weighted by molar-refractivity contribution is 7.99. The Morgan fingerprint density at radius 1 is 1.42 bits per heavy atom. The lowest BCUT2D eigenvalue weighted by Crippen LogP contribution is -2.16. The van der Waals surface area contributed by atoms with Crippen molar-refractivity contribution in [2.45, 2.75) is 42.4 Å². The van der Waals surface area contributed by atoms with E-state index in [2.05, 4.69) is 40.5 Å². The van der Waals surface area contributed by atoms with Gasteiger partial charge in [-0.05, 0) is 43.2 Å². The predicted molar refractivity (Wildman–Crippen MR) is 76.2 cm³/mol. The molecule has 0 saturated heterocycles. The monoisotopic (exact) mass is 274 g/mol. The molecule has 0 aliphatic heterocycles. The van der Waals surface area contributed by atoms with Crippen LogP contribution in [0.25, 0.3) is 0 Å². The van der Waals surface area contributed by atoms with Gasteiger partial charge < -0.3 is 5.32 Å². The maximum Gasteiger partial charge on any atom is 0.190 e. The van der Waals surface area contributed by atoms with Crippen LogP contribution in [0.15, 0.2) is 34.6 Å². The summed E-state index contributed by atoms with van der Waals surface area (Å²) in [6.45, 7) is 3.07. The molecular weight excluding hydrogens is 256 g/mol. The molecule has 0 atom stereocenters. The lowest BCUT2D eigenvalue weighted by molar-refractivity contribution is 0.675. The summed E-state index contributed by atoms with van der Waals surface area (Å²) in [5.41, 5.74) is 2.65. The summed E-state index contributed by atoms with van der Waals surface area (Å²) in [6.07, 6.45) is 4.23. The van der Waals surface area contributed by atoms with Gasteiger partial charge in [0.2, 0.25) is 0 Å². The second kappa shape index (κ2) is 5.35. The molecule has 4 nitrogen and oxygen atoms in total. The molecule has 3 rings (SSSR count). The van der Waals surface area contributed by atoms with Gasteiger partial charge in [-0.3, -0.25) is 0 Å². The summed E-state index contributed by atoms with van der Waals surface area (Å²) in [7, 11) is 1.92. The predicted octanol–water partition coefficient (Wildman–Crippen LogP) is 2.53. The molecule has 0 bridgehead atoms. The third-order valence-electron chi connectivity index (χ3n) is 3.25. The molecule has 1 fully saturated rings. The molecule has 0 radical (unpaired) electrons. The highest BCUT2D eigenvalue weighted by Gasteiger charge is 2.20. The van der Waals surface area contributed by atoms with Crippen LogP contribution in [0, 0.1) is 6.92 Å². The minimum atomic E-state index is 0.730. The van der Waals surface area contributed by atoms with Crippen LogP contribution in [0.2, 0.25) is 0 Å². The second-order valence-corrected chi connectivity index (χ2v) is 6.04. The third kappa shape index (κ3) is 3.16. The van der Waals surface area contributed by atoms with Crippen molar-refractivity contribution < 1.29 is 0 Å². The Balaban J connectivity index is 1.80. The van der Waals surface area contributed by atoms with Crippen LogP contribution in [-0.2, 0) is 13.6 Å². The van der Waals surface area contributed by atoms with Crippen molar-refractivity contribution in [3.05, 3.63) is 35.7 Å². The van der Waals surface area contributed by atoms with Crippen molar-refractivity contribution in [1.82, 2.24) is 20.1 Å². The Morgan fingerprint density at radius 2 is 2.26 bits per heavy atom. The number of hydrogen-bond donors (Lipinski definition) is 1. The van der Waals surface area contributed by atoms with Crippen LogP contribution in [0.3, 0.4) is 0 Å². The van der Waals surface area contributed by atoms with Crippen LogP contribution in [0.5, 0.6) is 0 Å². The van der Waals surface area contributed by atoms with Crippen LogP contribution in [-0.4, -0.2) is 20.8 Å². The van der Waals surface area contributed by atoms with Gasteiger partial charge in [-0.1, -0.05) is 17.7 Å². The van der Waals surface area contributed by atoms with Gasteiger partial charge in [0.1, 0.15) is 6.33 Å². The van der Waals surface area contributed by atoms with Gasteiger partial charge in [0.15, 0.2) is 5.16 Å². The maximum atomic E-state index is 4.28. The number of nitrogens with zero attached hydrogens (tertiary/aromatic N) is 3. The Morgan fingerprint density at radius 3 is 2.95 bits per heavy atom. The van der Waals surface area contributed by atoms with Gasteiger partial charge >= 0.3 is 0 Å². The van der Waals surface area contributed by atoms with E-state index in [9.17, 15) is 0 Å². The SMILES string of the molecule is Cc1ccc(Sc2ncnn2C)c(CNC2CC2)c1. The normalized spacial score (nSPS) is 14.8. The lowest BCUT2D eigenvalue weighted by Gasteiger charge is -2.10. The van der Waals surface area contributed by atoms with Gasteiger partial charge in [-0.2, -0.15) is 5.10 Å². The molecule has 1 saturated carbocycles. The molecule has 1 aliphatic rings. The molecule has 0 unspecified atom stereocenters. The maximum absolute atomic E-state index is 4.28. The standard InChI is InChI=1S/C14H18N4S/c1-10-3-6-13(19-14-16-9-17-18(14)2)11(7-10)8-15-12-4-5-12/h3,6-7,9,12,15H,4-5,8H2,1-2H3. The number of benzene rings is 1. The highest BCUT2D eigenvalue weighted by atomic mass is 32.2. The van der Waals surface area contributed by atoms with E-state index >= 15 is 0 Å². The average Bonchev–Trinajstić information content (AvgIpc) is 3.14. The van der Waals surface area contributed by atoms with Crippen LogP contribution in [0.1, 0.15) is 24.0 Å². The highest BCUT2D eigenvalue weighted by Crippen LogP contribution is 2.30. The summed E-state index contributed by atoms with van der Waals surface area (Å²) in [6, 6.07) is 7.32. The molecule has 1 N–H and O–H groups in total. The zero-order valence-corrected chi connectivity index (χ0v) is 12.1. The third-order valence-corrected chi connectivity index (χ3v) is 4.42. The van der Waals surface area contributed by atoms with Crippen molar-refractivity contribution in [2.75, 3.05) is 0 Å². The largest absolute Gasteiger partial charge is 0.310 e. The molecule has 1 aliphatic carbocycles. The van der Waals surface area contributed by atoms with E-state index in [0.29, 0.717) is 0 Å². The van der Waals surface area contributed by atoms with E-state index in [1.165, 1.54) is 28.9 Å². The molecule has 0 amide bonds. The van der Waals surface area contributed by atoms with Crippen molar-refractivity contribution in [3.63, 3.8) is 0 Å². The molecule has 1 heterocycles. The van der Waals surface area contributed by atoms with E-state index in [-0.39, 0.29) is 0 Å². The first-order valence-corrected chi connectivity index (χ1v) is 7.39. The Hall–Kier alpha value is -1.33. The number of aryl methyl sites for hydroxylation is 2. The summed E-state index contributed by atoms with van der Waals surface area (Å²) in [4.78, 5) is 5.54. The summed E-state index contributed by atoms with van der Waals surface area (Å²) in [5.74, 6) is 0. The fourth-order valence-electron chi connectivity index (χ4n) is 1.96. The van der Waals surface area contributed by atoms with Crippen molar-refractivity contribution in [3.8, 4) is 0 Å². The Labute approximate surface area is 117 Å². The molecule has 2 aromatic rings. The van der Waals surface area contributed by atoms with E-state index in [0.717, 1.165) is 17.7 Å². The first-order chi connectivity index (χ1) is 9.22. The fraction of sp³-hybridized carbons (Fsp3) is 0.429. The van der Waals surface area contributed by atoms with Crippen LogP contribution < -0.4 is 5.32 Å². The fourth-order valence-corrected chi connectivity index (χ4v) is 2.84. The zero-order chi connectivity index (χ0) is 13.2. The van der Waals surface area contributed by atoms with E-state index in [1.54, 1.807) is 18.1 Å². The van der Waals surface area contributed by atoms with Gasteiger partial charge in [-0.25, -0.2) is 9.67 Å². The second-order valence-electron chi connectivity index (χ2n) is 5.03. The van der Waals surface area contributed by atoms with Crippen molar-refractivity contribution >= 4 is 11.8 Å². The van der Waals surface area contributed by atoms with Crippen molar-refractivity contribution in [1.29, 1.82) is 0 Å². The van der Waals surface area contributed by atoms with Crippen molar-refractivity contribution in [2.24, 2.45) is 7.05 Å². The lowest BCUT2D eigenvalue weighted by atomic mass is 10.1. The van der Waals surface area contributed by atoms with E-state index < -0.39 is 0 Å². The minimum absolute atomic E-state index is 0.730. The zero-order valence-electron chi connectivity index (χ0n) is 11.3. The number of nitrogens with one attached hydrogen (secondary N) is 1. The first kappa shape index (κ1) is 12.7. The van der Waals surface area contributed by atoms with Crippen LogP contribution in [0.4, 0.5) is 0 Å². The van der Waals surface area contributed by atoms with E-state index in [4.69, 9.17) is 0 Å². The number of rotatable bonds is 5. The minimum Gasteiger partial charge on any atom is -0.310 e. The Kier molecular flexibility index (Phi) is 3.57. The Bertz CT molecular complexity index is 575. The molecular formula is C14H18N4S. The molecule has 0 spiro atoms. The van der Waals surface area contributed by atoms with Gasteiger partial charge in [0, 0.05) is 24.5 Å². The molecule has 1 aromatic carbocycles. The van der Waals surface area contributed by atoms with Gasteiger partial charge in [-0.15, -0.1) is 0 Å². The number of hydrogen-bond acceptors (Lipinski definition) is 4.